The van der Waals surface area contributed by atoms with Crippen LogP contribution in [0, 0.1) is 57.3 Å². The van der Waals surface area contributed by atoms with Gasteiger partial charge in [0.25, 0.3) is 0 Å². The molecule has 0 spiro atoms. The minimum absolute atomic E-state index is 0.0795. The summed E-state index contributed by atoms with van der Waals surface area (Å²) in [6.07, 6.45) is 2.16. The topological polar surface area (TPSA) is 116 Å². The molecule has 0 amide bonds. The molecule has 0 unspecified atom stereocenters. The lowest BCUT2D eigenvalue weighted by atomic mass is 9.65. The van der Waals surface area contributed by atoms with Crippen molar-refractivity contribution in [3.05, 3.63) is 275 Å². The lowest BCUT2D eigenvalue weighted by Gasteiger charge is -2.36. The Morgan fingerprint density at radius 2 is 0.965 bits per heavy atom. The number of rotatable bonds is 8. The highest BCUT2D eigenvalue weighted by Gasteiger charge is 2.52. The van der Waals surface area contributed by atoms with Crippen LogP contribution in [0.25, 0.3) is 77.7 Å². The molecule has 0 saturated heterocycles. The fourth-order valence-electron chi connectivity index (χ4n) is 13.5. The minimum atomic E-state index is -0.741. The van der Waals surface area contributed by atoms with Crippen molar-refractivity contribution >= 4 is 97.4 Å². The number of aryl methyl sites for hydroxylation is 5. The van der Waals surface area contributed by atoms with E-state index in [1.165, 1.54) is 110 Å². The molecular weight excluding hydrogens is 1140 g/mol. The zero-order valence-electron chi connectivity index (χ0n) is 46.6. The number of fused-ring (bicyclic) bond motifs is 10. The van der Waals surface area contributed by atoms with Gasteiger partial charge in [-0.15, -0.1) is 11.3 Å². The third-order valence-electron chi connectivity index (χ3n) is 17.4. The number of Topliss-reactive ketones (excluding diaryl/α,β-unsaturated/α-hetero) is 1. The number of thiophene rings is 1. The summed E-state index contributed by atoms with van der Waals surface area (Å²) in [5.41, 5.74) is 20.8. The van der Waals surface area contributed by atoms with Gasteiger partial charge in [-0.25, -0.2) is 19.9 Å². The molecule has 0 bridgehead atoms. The molecule has 0 saturated carbocycles. The van der Waals surface area contributed by atoms with Crippen molar-refractivity contribution in [2.45, 2.75) is 51.9 Å². The SMILES string of the molecule is Cc1ccc(C2(c3ccc(C)cc3)c3cc(-c4nc5sc(C/C=C6\C(=O)c7ccccc7C6=C(C#N)C#N)nc5s4)ccc3-c3cc4c(cc32)-c2cc3cc(-c5nc6sc(C)nc6s5)sc3cc2C4(c2ccc(C)cc2)c2ccc(C)cc2)cc1. The second-order valence-corrected chi connectivity index (χ2v) is 27.8. The lowest BCUT2D eigenvalue weighted by molar-refractivity contribution is 0.104. The normalized spacial score (nSPS) is 14.6. The summed E-state index contributed by atoms with van der Waals surface area (Å²) >= 11 is 8.22. The van der Waals surface area contributed by atoms with Crippen LogP contribution < -0.4 is 0 Å². The average Bonchev–Trinajstić information content (AvgIpc) is 1.53. The Kier molecular flexibility index (Phi) is 11.6. The van der Waals surface area contributed by atoms with E-state index in [4.69, 9.17) is 19.9 Å². The maximum atomic E-state index is 13.7. The van der Waals surface area contributed by atoms with Crippen LogP contribution >= 0.6 is 56.7 Å². The quantitative estimate of drug-likeness (QED) is 0.110. The largest absolute Gasteiger partial charge is 0.289 e. The Morgan fingerprint density at radius 1 is 0.471 bits per heavy atom. The smallest absolute Gasteiger partial charge is 0.194 e. The van der Waals surface area contributed by atoms with E-state index < -0.39 is 10.8 Å². The van der Waals surface area contributed by atoms with Crippen LogP contribution in [0.4, 0.5) is 0 Å². The molecule has 5 aromatic heterocycles. The van der Waals surface area contributed by atoms with E-state index >= 15 is 0 Å². The molecule has 13 aromatic rings. The van der Waals surface area contributed by atoms with Gasteiger partial charge in [0, 0.05) is 33.4 Å². The summed E-state index contributed by atoms with van der Waals surface area (Å²) in [6.45, 7) is 10.7. The molecule has 7 nitrogen and oxygen atoms in total. The van der Waals surface area contributed by atoms with E-state index in [0.29, 0.717) is 28.7 Å². The zero-order valence-corrected chi connectivity index (χ0v) is 50.7. The number of allylic oxidation sites excluding steroid dienone is 4. The Bertz CT molecular complexity index is 5020. The first kappa shape index (κ1) is 51.5. The monoisotopic (exact) mass is 1180 g/mol. The second kappa shape index (κ2) is 19.2. The van der Waals surface area contributed by atoms with E-state index in [-0.39, 0.29) is 11.4 Å². The molecule has 0 atom stereocenters. The van der Waals surface area contributed by atoms with Gasteiger partial charge in [-0.2, -0.15) is 10.5 Å². The van der Waals surface area contributed by atoms with Crippen LogP contribution in [0.2, 0.25) is 0 Å². The molecule has 12 heteroatoms. The number of nitrogens with zero attached hydrogens (tertiary/aromatic N) is 6. The Morgan fingerprint density at radius 3 is 1.54 bits per heavy atom. The molecule has 0 aliphatic heterocycles. The van der Waals surface area contributed by atoms with E-state index in [9.17, 15) is 15.3 Å². The summed E-state index contributed by atoms with van der Waals surface area (Å²) in [5.74, 6) is -0.195. The van der Waals surface area contributed by atoms with Crippen molar-refractivity contribution in [2.75, 3.05) is 0 Å². The highest BCUT2D eigenvalue weighted by molar-refractivity contribution is 7.31. The predicted octanol–water partition coefficient (Wildman–Crippen LogP) is 18.8. The van der Waals surface area contributed by atoms with Gasteiger partial charge in [0.05, 0.1) is 20.7 Å². The Balaban J connectivity index is 0.898. The molecular formula is C73H46N6OS5. The number of thiazole rings is 4. The Hall–Kier alpha value is -9.11. The first-order chi connectivity index (χ1) is 41.4. The van der Waals surface area contributed by atoms with Gasteiger partial charge in [-0.3, -0.25) is 4.79 Å². The summed E-state index contributed by atoms with van der Waals surface area (Å²) in [6, 6.07) is 67.4. The third kappa shape index (κ3) is 7.66. The second-order valence-electron chi connectivity index (χ2n) is 22.5. The number of nitriles is 2. The highest BCUT2D eigenvalue weighted by Crippen LogP contribution is 2.64. The molecule has 5 heterocycles. The maximum absolute atomic E-state index is 13.7. The summed E-state index contributed by atoms with van der Waals surface area (Å²) in [5, 5.41) is 24.7. The third-order valence-corrected chi connectivity index (χ3v) is 22.7. The van der Waals surface area contributed by atoms with E-state index in [0.717, 1.165) is 49.8 Å². The molecule has 404 valence electrons. The summed E-state index contributed by atoms with van der Waals surface area (Å²) in [7, 11) is 0. The van der Waals surface area contributed by atoms with Gasteiger partial charge in [-0.1, -0.05) is 207 Å². The molecule has 85 heavy (non-hydrogen) atoms. The fraction of sp³-hybridized carbons (Fsp3) is 0.110. The highest BCUT2D eigenvalue weighted by atomic mass is 32.1. The van der Waals surface area contributed by atoms with Crippen molar-refractivity contribution < 1.29 is 4.79 Å². The molecule has 3 aliphatic rings. The van der Waals surface area contributed by atoms with E-state index in [1.54, 1.807) is 52.2 Å². The van der Waals surface area contributed by atoms with E-state index in [1.807, 2.05) is 42.5 Å². The molecule has 0 N–H and O–H groups in total. The standard InChI is InChI=1S/C73H46N6OS5/c1-38-10-19-46(20-11-38)72(47-21-12-39(2)13-22-47)57-31-43(66-78-71-69(84-66)77-63(83-71)29-28-53-64(45(36-74)37-75)51-8-6-7-9-52(51)65(53)80)18-27-50(57)55-33-59-56(34-58(55)72)54-30-44-32-62(67-79-70-68(85-67)76-42(5)81-70)82-61(44)35-60(54)73(59,48-23-14-40(3)15-24-48)49-25-16-41(4)17-26-49/h6-28,30-35H,29H2,1-5H3/b53-28-. The lowest BCUT2D eigenvalue weighted by Crippen LogP contribution is -2.30. The maximum Gasteiger partial charge on any atom is 0.194 e. The first-order valence-electron chi connectivity index (χ1n) is 28.0. The Labute approximate surface area is 510 Å². The molecule has 16 rings (SSSR count). The summed E-state index contributed by atoms with van der Waals surface area (Å²) < 4.78 is 1.22. The minimum Gasteiger partial charge on any atom is -0.289 e. The van der Waals surface area contributed by atoms with Crippen LogP contribution in [0.3, 0.4) is 0 Å². The van der Waals surface area contributed by atoms with Crippen molar-refractivity contribution in [3.8, 4) is 54.8 Å². The van der Waals surface area contributed by atoms with Crippen molar-refractivity contribution in [1.29, 1.82) is 10.5 Å². The number of carbonyl (C=O) groups excluding carboxylic acids is 1. The van der Waals surface area contributed by atoms with Gasteiger partial charge in [0.15, 0.2) is 25.1 Å². The number of ketones is 1. The molecule has 0 fully saturated rings. The number of benzene rings is 8. The fourth-order valence-corrected chi connectivity index (χ4v) is 18.6. The van der Waals surface area contributed by atoms with Crippen molar-refractivity contribution in [3.63, 3.8) is 0 Å². The zero-order chi connectivity index (χ0) is 57.6. The molecule has 8 aromatic carbocycles. The molecule has 0 radical (unpaired) electrons. The average molecular weight is 1180 g/mol. The molecule has 3 aliphatic carbocycles. The van der Waals surface area contributed by atoms with Crippen LogP contribution in [0.5, 0.6) is 0 Å². The van der Waals surface area contributed by atoms with Gasteiger partial charge < -0.3 is 0 Å². The number of aromatic nitrogens is 4. The summed E-state index contributed by atoms with van der Waals surface area (Å²) in [4.78, 5) is 38.8. The van der Waals surface area contributed by atoms with Gasteiger partial charge >= 0.3 is 0 Å². The van der Waals surface area contributed by atoms with Gasteiger partial charge in [-0.05, 0) is 149 Å². The number of hydrogen-bond acceptors (Lipinski definition) is 12. The van der Waals surface area contributed by atoms with Crippen LogP contribution in [-0.2, 0) is 17.3 Å². The number of carbonyl (C=O) groups is 1. The predicted molar refractivity (Wildman–Crippen MR) is 349 cm³/mol. The number of hydrogen-bond donors (Lipinski definition) is 0. The van der Waals surface area contributed by atoms with Gasteiger partial charge in [0.1, 0.15) is 32.7 Å². The van der Waals surface area contributed by atoms with Crippen molar-refractivity contribution in [2.24, 2.45) is 0 Å². The van der Waals surface area contributed by atoms with Crippen LogP contribution in [-0.4, -0.2) is 25.7 Å². The van der Waals surface area contributed by atoms with Gasteiger partial charge in [0.2, 0.25) is 0 Å². The van der Waals surface area contributed by atoms with E-state index in [2.05, 4.69) is 173 Å². The first-order valence-corrected chi connectivity index (χ1v) is 32.1. The van der Waals surface area contributed by atoms with Crippen LogP contribution in [0.15, 0.2) is 187 Å². The van der Waals surface area contributed by atoms with Crippen molar-refractivity contribution in [1.82, 2.24) is 19.9 Å². The van der Waals surface area contributed by atoms with Crippen LogP contribution in [0.1, 0.15) is 92.7 Å².